The molecule has 1 aromatic carbocycles. The Morgan fingerprint density at radius 1 is 1.26 bits per heavy atom. The molecule has 0 bridgehead atoms. The number of hydrogen-bond donors (Lipinski definition) is 1. The highest BCUT2D eigenvalue weighted by Gasteiger charge is 2.22. The van der Waals surface area contributed by atoms with Crippen LogP contribution in [0.15, 0.2) is 12.1 Å². The third-order valence-corrected chi connectivity index (χ3v) is 3.60. The van der Waals surface area contributed by atoms with Crippen LogP contribution in [0.3, 0.4) is 0 Å². The first-order chi connectivity index (χ1) is 8.99. The van der Waals surface area contributed by atoms with Crippen LogP contribution in [-0.4, -0.2) is 24.2 Å². The van der Waals surface area contributed by atoms with E-state index < -0.39 is 17.6 Å². The predicted molar refractivity (Wildman–Crippen MR) is 68.5 cm³/mol. The molecule has 1 N–H and O–H groups in total. The highest BCUT2D eigenvalue weighted by Crippen LogP contribution is 2.28. The molecule has 2 rings (SSSR count). The summed E-state index contributed by atoms with van der Waals surface area (Å²) in [5.41, 5.74) is -0.457. The van der Waals surface area contributed by atoms with Gasteiger partial charge in [-0.05, 0) is 37.3 Å². The number of benzene rings is 1. The van der Waals surface area contributed by atoms with Gasteiger partial charge in [-0.2, -0.15) is 0 Å². The van der Waals surface area contributed by atoms with Gasteiger partial charge in [0.15, 0.2) is 0 Å². The van der Waals surface area contributed by atoms with Gasteiger partial charge in [-0.3, -0.25) is 0 Å². The summed E-state index contributed by atoms with van der Waals surface area (Å²) in [5.74, 6) is -2.37. The number of aromatic carboxylic acids is 1. The number of carboxylic acid groups (broad SMARTS) is 1. The molecule has 1 saturated heterocycles. The first kappa shape index (κ1) is 13.8. The normalized spacial score (nSPS) is 20.2. The number of halogens is 2. The molecular weight excluding hydrogens is 252 g/mol. The Labute approximate surface area is 110 Å². The smallest absolute Gasteiger partial charge is 0.335 e. The Hall–Kier alpha value is -1.65. The lowest BCUT2D eigenvalue weighted by molar-refractivity contribution is 0.0696. The number of rotatable bonds is 2. The van der Waals surface area contributed by atoms with Crippen LogP contribution in [0.1, 0.15) is 36.5 Å². The van der Waals surface area contributed by atoms with Crippen molar-refractivity contribution < 1.29 is 18.7 Å². The molecule has 1 aliphatic rings. The molecule has 1 heterocycles. The summed E-state index contributed by atoms with van der Waals surface area (Å²) in [6, 6.07) is 1.77. The maximum atomic E-state index is 13.9. The van der Waals surface area contributed by atoms with E-state index in [1.54, 1.807) is 4.90 Å². The van der Waals surface area contributed by atoms with Crippen molar-refractivity contribution in [3.63, 3.8) is 0 Å². The van der Waals surface area contributed by atoms with E-state index in [1.165, 1.54) is 0 Å². The van der Waals surface area contributed by atoms with Crippen molar-refractivity contribution in [2.75, 3.05) is 18.0 Å². The molecular formula is C14H17F2NO2. The Morgan fingerprint density at radius 3 is 2.47 bits per heavy atom. The van der Waals surface area contributed by atoms with Gasteiger partial charge >= 0.3 is 5.97 Å². The van der Waals surface area contributed by atoms with Gasteiger partial charge in [0.2, 0.25) is 0 Å². The lowest BCUT2D eigenvalue weighted by atomic mass is 10.0. The molecule has 1 fully saturated rings. The maximum Gasteiger partial charge on any atom is 0.335 e. The molecule has 1 atom stereocenters. The zero-order chi connectivity index (χ0) is 14.0. The summed E-state index contributed by atoms with van der Waals surface area (Å²) in [5, 5.41) is 8.77. The fourth-order valence-corrected chi connectivity index (χ4v) is 2.48. The predicted octanol–water partition coefficient (Wildman–Crippen LogP) is 3.29. The fraction of sp³-hybridized carbons (Fsp3) is 0.500. The molecule has 0 aliphatic carbocycles. The van der Waals surface area contributed by atoms with Crippen molar-refractivity contribution >= 4 is 11.7 Å². The summed E-state index contributed by atoms with van der Waals surface area (Å²) in [6.45, 7) is 3.33. The van der Waals surface area contributed by atoms with Crippen LogP contribution in [0.5, 0.6) is 0 Å². The summed E-state index contributed by atoms with van der Waals surface area (Å²) >= 11 is 0. The van der Waals surface area contributed by atoms with Crippen molar-refractivity contribution in [2.45, 2.75) is 26.2 Å². The fourth-order valence-electron chi connectivity index (χ4n) is 2.48. The van der Waals surface area contributed by atoms with E-state index in [0.29, 0.717) is 19.0 Å². The summed E-state index contributed by atoms with van der Waals surface area (Å²) < 4.78 is 27.9. The Morgan fingerprint density at radius 2 is 1.89 bits per heavy atom. The van der Waals surface area contributed by atoms with Crippen molar-refractivity contribution in [1.29, 1.82) is 0 Å². The Bertz CT molecular complexity index is 467. The minimum Gasteiger partial charge on any atom is -0.478 e. The summed E-state index contributed by atoms with van der Waals surface area (Å²) in [7, 11) is 0. The van der Waals surface area contributed by atoms with Gasteiger partial charge in [-0.1, -0.05) is 6.92 Å². The summed E-state index contributed by atoms with van der Waals surface area (Å²) in [6.07, 6.45) is 2.83. The van der Waals surface area contributed by atoms with Crippen LogP contribution in [0.2, 0.25) is 0 Å². The van der Waals surface area contributed by atoms with Gasteiger partial charge in [-0.15, -0.1) is 0 Å². The summed E-state index contributed by atoms with van der Waals surface area (Å²) in [4.78, 5) is 12.4. The van der Waals surface area contributed by atoms with Crippen molar-refractivity contribution in [2.24, 2.45) is 5.92 Å². The second-order valence-corrected chi connectivity index (χ2v) is 5.12. The van der Waals surface area contributed by atoms with Crippen molar-refractivity contribution in [3.05, 3.63) is 29.3 Å². The number of anilines is 1. The highest BCUT2D eigenvalue weighted by atomic mass is 19.1. The first-order valence-corrected chi connectivity index (χ1v) is 6.46. The number of hydrogen-bond acceptors (Lipinski definition) is 2. The third-order valence-electron chi connectivity index (χ3n) is 3.60. The lowest BCUT2D eigenvalue weighted by Crippen LogP contribution is -2.26. The standard InChI is InChI=1S/C14H17F2NO2/c1-9-3-2-5-17(6-4-9)13-11(15)7-10(14(18)19)8-12(13)16/h7-9H,2-6H2,1H3,(H,18,19). The minimum atomic E-state index is -1.33. The number of nitrogens with zero attached hydrogens (tertiary/aromatic N) is 1. The molecule has 19 heavy (non-hydrogen) atoms. The largest absolute Gasteiger partial charge is 0.478 e. The Kier molecular flexibility index (Phi) is 4.02. The van der Waals surface area contributed by atoms with Crippen LogP contribution < -0.4 is 4.90 Å². The highest BCUT2D eigenvalue weighted by molar-refractivity contribution is 5.88. The minimum absolute atomic E-state index is 0.0981. The zero-order valence-electron chi connectivity index (χ0n) is 10.8. The molecule has 0 aromatic heterocycles. The number of carboxylic acids is 1. The quantitative estimate of drug-likeness (QED) is 0.895. The van der Waals surface area contributed by atoms with Crippen LogP contribution >= 0.6 is 0 Å². The van der Waals surface area contributed by atoms with Crippen LogP contribution in [0.25, 0.3) is 0 Å². The van der Waals surface area contributed by atoms with Gasteiger partial charge < -0.3 is 10.0 Å². The molecule has 0 saturated carbocycles. The van der Waals surface area contributed by atoms with Gasteiger partial charge in [0.25, 0.3) is 0 Å². The van der Waals surface area contributed by atoms with E-state index in [0.717, 1.165) is 31.4 Å². The molecule has 1 aromatic rings. The van der Waals surface area contributed by atoms with Crippen LogP contribution in [0.4, 0.5) is 14.5 Å². The second-order valence-electron chi connectivity index (χ2n) is 5.12. The van der Waals surface area contributed by atoms with Gasteiger partial charge in [0.1, 0.15) is 17.3 Å². The van der Waals surface area contributed by atoms with Crippen molar-refractivity contribution in [3.8, 4) is 0 Å². The molecule has 1 unspecified atom stereocenters. The van der Waals surface area contributed by atoms with E-state index >= 15 is 0 Å². The molecule has 5 heteroatoms. The molecule has 0 radical (unpaired) electrons. The van der Waals surface area contributed by atoms with Crippen molar-refractivity contribution in [1.82, 2.24) is 0 Å². The zero-order valence-corrected chi connectivity index (χ0v) is 10.8. The monoisotopic (exact) mass is 269 g/mol. The second kappa shape index (κ2) is 5.55. The van der Waals surface area contributed by atoms with Crippen LogP contribution in [0, 0.1) is 17.6 Å². The molecule has 104 valence electrons. The van der Waals surface area contributed by atoms with E-state index in [-0.39, 0.29) is 11.3 Å². The van der Waals surface area contributed by atoms with E-state index in [4.69, 9.17) is 5.11 Å². The topological polar surface area (TPSA) is 40.5 Å². The lowest BCUT2D eigenvalue weighted by Gasteiger charge is -2.24. The molecule has 3 nitrogen and oxygen atoms in total. The SMILES string of the molecule is CC1CCCN(c2c(F)cc(C(=O)O)cc2F)CC1. The molecule has 0 amide bonds. The van der Waals surface area contributed by atoms with E-state index in [9.17, 15) is 13.6 Å². The molecule has 1 aliphatic heterocycles. The van der Waals surface area contributed by atoms with E-state index in [2.05, 4.69) is 6.92 Å². The van der Waals surface area contributed by atoms with Gasteiger partial charge in [0.05, 0.1) is 5.56 Å². The Balaban J connectivity index is 2.31. The molecule has 0 spiro atoms. The maximum absolute atomic E-state index is 13.9. The van der Waals surface area contributed by atoms with Crippen LogP contribution in [-0.2, 0) is 0 Å². The number of carbonyl (C=O) groups is 1. The van der Waals surface area contributed by atoms with Gasteiger partial charge in [0, 0.05) is 13.1 Å². The van der Waals surface area contributed by atoms with E-state index in [1.807, 2.05) is 0 Å². The average molecular weight is 269 g/mol. The van der Waals surface area contributed by atoms with Gasteiger partial charge in [-0.25, -0.2) is 13.6 Å². The average Bonchev–Trinajstić information content (AvgIpc) is 2.53. The first-order valence-electron chi connectivity index (χ1n) is 6.46. The third kappa shape index (κ3) is 3.03.